The van der Waals surface area contributed by atoms with Gasteiger partial charge in [0.1, 0.15) is 0 Å². The lowest BCUT2D eigenvalue weighted by atomic mass is 9.80. The highest BCUT2D eigenvalue weighted by atomic mass is 15.0. The van der Waals surface area contributed by atoms with Crippen LogP contribution < -0.4 is 5.32 Å². The van der Waals surface area contributed by atoms with Crippen molar-refractivity contribution in [2.75, 3.05) is 13.1 Å². The first kappa shape index (κ1) is 10.0. The van der Waals surface area contributed by atoms with Crippen LogP contribution in [0.1, 0.15) is 45.4 Å². The van der Waals surface area contributed by atoms with Gasteiger partial charge in [-0.2, -0.15) is 0 Å². The molecule has 0 spiro atoms. The number of hydrogen-bond acceptors (Lipinski definition) is 2. The molecule has 0 radical (unpaired) electrons. The fourth-order valence-corrected chi connectivity index (χ4v) is 2.63. The quantitative estimate of drug-likeness (QED) is 0.718. The summed E-state index contributed by atoms with van der Waals surface area (Å²) in [5.41, 5.74) is 0. The maximum Gasteiger partial charge on any atom is 0.0963 e. The molecule has 1 heterocycles. The molecular weight excluding hydrogens is 172 g/mol. The largest absolute Gasteiger partial charge is 0.374 e. The Morgan fingerprint density at radius 1 is 1.29 bits per heavy atom. The first-order valence-electron chi connectivity index (χ1n) is 6.13. The predicted molar refractivity (Wildman–Crippen MR) is 60.7 cm³/mol. The van der Waals surface area contributed by atoms with Gasteiger partial charge in [0.2, 0.25) is 0 Å². The molecule has 0 aromatic heterocycles. The smallest absolute Gasteiger partial charge is 0.0963 e. The third-order valence-corrected chi connectivity index (χ3v) is 3.73. The van der Waals surface area contributed by atoms with Crippen molar-refractivity contribution in [1.82, 2.24) is 5.32 Å². The van der Waals surface area contributed by atoms with Gasteiger partial charge in [-0.05, 0) is 24.7 Å². The van der Waals surface area contributed by atoms with Crippen LogP contribution in [0.2, 0.25) is 0 Å². The molecule has 0 amide bonds. The molecule has 1 saturated carbocycles. The first-order chi connectivity index (χ1) is 6.86. The molecule has 2 aliphatic rings. The SMILES string of the molecule is CC1CCCCC1CNC1=NCCC1. The Hall–Kier alpha value is -0.530. The lowest BCUT2D eigenvalue weighted by Gasteiger charge is -2.29. The summed E-state index contributed by atoms with van der Waals surface area (Å²) in [6.07, 6.45) is 8.16. The summed E-state index contributed by atoms with van der Waals surface area (Å²) < 4.78 is 0. The summed E-state index contributed by atoms with van der Waals surface area (Å²) in [4.78, 5) is 4.45. The highest BCUT2D eigenvalue weighted by Crippen LogP contribution is 2.28. The lowest BCUT2D eigenvalue weighted by molar-refractivity contribution is 0.256. The molecule has 2 atom stereocenters. The third-order valence-electron chi connectivity index (χ3n) is 3.73. The molecule has 0 aromatic rings. The average molecular weight is 194 g/mol. The molecule has 2 unspecified atom stereocenters. The Balaban J connectivity index is 1.73. The summed E-state index contributed by atoms with van der Waals surface area (Å²) in [7, 11) is 0. The highest BCUT2D eigenvalue weighted by molar-refractivity contribution is 5.83. The first-order valence-corrected chi connectivity index (χ1v) is 6.13. The molecule has 14 heavy (non-hydrogen) atoms. The minimum absolute atomic E-state index is 0.895. The van der Waals surface area contributed by atoms with Gasteiger partial charge < -0.3 is 5.32 Å². The van der Waals surface area contributed by atoms with Crippen LogP contribution in [-0.4, -0.2) is 18.9 Å². The van der Waals surface area contributed by atoms with E-state index in [-0.39, 0.29) is 0 Å². The zero-order chi connectivity index (χ0) is 9.80. The number of aliphatic imine (C=N–C) groups is 1. The van der Waals surface area contributed by atoms with Crippen molar-refractivity contribution in [3.63, 3.8) is 0 Å². The average Bonchev–Trinajstić information content (AvgIpc) is 2.69. The van der Waals surface area contributed by atoms with Gasteiger partial charge in [0.05, 0.1) is 5.84 Å². The molecule has 80 valence electrons. The lowest BCUT2D eigenvalue weighted by Crippen LogP contribution is -2.32. The van der Waals surface area contributed by atoms with Gasteiger partial charge in [-0.1, -0.05) is 26.2 Å². The molecule has 0 bridgehead atoms. The van der Waals surface area contributed by atoms with E-state index in [4.69, 9.17) is 0 Å². The van der Waals surface area contributed by atoms with Crippen LogP contribution in [0, 0.1) is 11.8 Å². The summed E-state index contributed by atoms with van der Waals surface area (Å²) in [6.45, 7) is 4.62. The fourth-order valence-electron chi connectivity index (χ4n) is 2.63. The Morgan fingerprint density at radius 2 is 2.14 bits per heavy atom. The molecule has 1 N–H and O–H groups in total. The predicted octanol–water partition coefficient (Wildman–Crippen LogP) is 2.59. The molecule has 1 aliphatic carbocycles. The van der Waals surface area contributed by atoms with E-state index in [1.807, 2.05) is 0 Å². The van der Waals surface area contributed by atoms with E-state index in [1.165, 1.54) is 50.9 Å². The van der Waals surface area contributed by atoms with Crippen molar-refractivity contribution in [1.29, 1.82) is 0 Å². The second-order valence-corrected chi connectivity index (χ2v) is 4.83. The summed E-state index contributed by atoms with van der Waals surface area (Å²) >= 11 is 0. The monoisotopic (exact) mass is 194 g/mol. The Kier molecular flexibility index (Phi) is 3.44. The van der Waals surface area contributed by atoms with Crippen LogP contribution in [0.4, 0.5) is 0 Å². The van der Waals surface area contributed by atoms with E-state index in [1.54, 1.807) is 0 Å². The highest BCUT2D eigenvalue weighted by Gasteiger charge is 2.21. The summed E-state index contributed by atoms with van der Waals surface area (Å²) in [6, 6.07) is 0. The van der Waals surface area contributed by atoms with Crippen LogP contribution in [0.15, 0.2) is 4.99 Å². The van der Waals surface area contributed by atoms with E-state index in [9.17, 15) is 0 Å². The van der Waals surface area contributed by atoms with Gasteiger partial charge in [-0.15, -0.1) is 0 Å². The van der Waals surface area contributed by atoms with Gasteiger partial charge in [0.25, 0.3) is 0 Å². The normalized spacial score (nSPS) is 32.8. The number of amidine groups is 1. The van der Waals surface area contributed by atoms with Crippen LogP contribution in [-0.2, 0) is 0 Å². The Morgan fingerprint density at radius 3 is 2.86 bits per heavy atom. The van der Waals surface area contributed by atoms with Crippen molar-refractivity contribution in [3.8, 4) is 0 Å². The van der Waals surface area contributed by atoms with Crippen molar-refractivity contribution < 1.29 is 0 Å². The zero-order valence-electron chi connectivity index (χ0n) is 9.26. The van der Waals surface area contributed by atoms with Gasteiger partial charge in [0, 0.05) is 19.5 Å². The van der Waals surface area contributed by atoms with E-state index < -0.39 is 0 Å². The minimum Gasteiger partial charge on any atom is -0.374 e. The molecule has 2 heteroatoms. The second kappa shape index (κ2) is 4.81. The van der Waals surface area contributed by atoms with Crippen molar-refractivity contribution >= 4 is 5.84 Å². The number of rotatable bonds is 2. The standard InChI is InChI=1S/C12H22N2/c1-10-5-2-3-6-11(10)9-14-12-7-4-8-13-12/h10-11H,2-9H2,1H3,(H,13,14). The molecule has 0 aromatic carbocycles. The fraction of sp³-hybridized carbons (Fsp3) is 0.917. The van der Waals surface area contributed by atoms with Crippen molar-refractivity contribution in [2.45, 2.75) is 45.4 Å². The van der Waals surface area contributed by atoms with Gasteiger partial charge >= 0.3 is 0 Å². The maximum absolute atomic E-state index is 4.45. The van der Waals surface area contributed by atoms with Crippen LogP contribution >= 0.6 is 0 Å². The van der Waals surface area contributed by atoms with E-state index in [0.717, 1.165) is 18.4 Å². The second-order valence-electron chi connectivity index (χ2n) is 4.83. The van der Waals surface area contributed by atoms with Crippen molar-refractivity contribution in [3.05, 3.63) is 0 Å². The topological polar surface area (TPSA) is 24.4 Å². The molecular formula is C12H22N2. The van der Waals surface area contributed by atoms with Crippen LogP contribution in [0.25, 0.3) is 0 Å². The number of nitrogens with zero attached hydrogens (tertiary/aromatic N) is 1. The Labute approximate surface area is 87.2 Å². The molecule has 2 rings (SSSR count). The molecule has 2 nitrogen and oxygen atoms in total. The third kappa shape index (κ3) is 2.49. The molecule has 0 saturated heterocycles. The zero-order valence-corrected chi connectivity index (χ0v) is 9.26. The van der Waals surface area contributed by atoms with Gasteiger partial charge in [-0.3, -0.25) is 4.99 Å². The summed E-state index contributed by atoms with van der Waals surface area (Å²) in [5.74, 6) is 3.08. The minimum atomic E-state index is 0.895. The Bertz CT molecular complexity index is 210. The van der Waals surface area contributed by atoms with Gasteiger partial charge in [-0.25, -0.2) is 0 Å². The van der Waals surface area contributed by atoms with E-state index in [0.29, 0.717) is 0 Å². The van der Waals surface area contributed by atoms with Gasteiger partial charge in [0.15, 0.2) is 0 Å². The number of hydrogen-bond donors (Lipinski definition) is 1. The van der Waals surface area contributed by atoms with Crippen molar-refractivity contribution in [2.24, 2.45) is 16.8 Å². The van der Waals surface area contributed by atoms with Crippen LogP contribution in [0.5, 0.6) is 0 Å². The molecule has 1 aliphatic heterocycles. The molecule has 1 fully saturated rings. The van der Waals surface area contributed by atoms with E-state index >= 15 is 0 Å². The summed E-state index contributed by atoms with van der Waals surface area (Å²) in [5, 5.41) is 3.53. The van der Waals surface area contributed by atoms with Crippen LogP contribution in [0.3, 0.4) is 0 Å². The van der Waals surface area contributed by atoms with E-state index in [2.05, 4.69) is 17.2 Å². The maximum atomic E-state index is 4.45. The number of nitrogens with one attached hydrogen (secondary N) is 1.